The van der Waals surface area contributed by atoms with Crippen molar-refractivity contribution in [1.82, 2.24) is 5.32 Å². The molecular formula is C17H20ClFN2O2. The molecule has 0 saturated heterocycles. The van der Waals surface area contributed by atoms with Gasteiger partial charge >= 0.3 is 0 Å². The fraction of sp³-hybridized carbons (Fsp3) is 0.529. The molecule has 124 valence electrons. The van der Waals surface area contributed by atoms with Crippen LogP contribution in [0.5, 0.6) is 0 Å². The molecule has 6 heteroatoms. The molecule has 0 unspecified atom stereocenters. The Labute approximate surface area is 139 Å². The van der Waals surface area contributed by atoms with Crippen LogP contribution in [-0.2, 0) is 9.59 Å². The van der Waals surface area contributed by atoms with Crippen LogP contribution in [0.2, 0.25) is 5.02 Å². The highest BCUT2D eigenvalue weighted by Crippen LogP contribution is 2.31. The second-order valence-electron chi connectivity index (χ2n) is 6.45. The van der Waals surface area contributed by atoms with Gasteiger partial charge < -0.3 is 10.6 Å². The molecule has 3 rings (SSSR count). The largest absolute Gasteiger partial charge is 0.353 e. The molecule has 1 aromatic carbocycles. The number of hydrogen-bond acceptors (Lipinski definition) is 2. The summed E-state index contributed by atoms with van der Waals surface area (Å²) >= 11 is 5.71. The molecule has 4 nitrogen and oxygen atoms in total. The Morgan fingerprint density at radius 2 is 1.61 bits per heavy atom. The van der Waals surface area contributed by atoms with Gasteiger partial charge in [0, 0.05) is 23.6 Å². The summed E-state index contributed by atoms with van der Waals surface area (Å²) in [6.07, 6.45) is 5.04. The minimum absolute atomic E-state index is 0.0109. The molecule has 2 amide bonds. The van der Waals surface area contributed by atoms with E-state index in [9.17, 15) is 14.0 Å². The van der Waals surface area contributed by atoms with Gasteiger partial charge in [-0.05, 0) is 56.7 Å². The maximum absolute atomic E-state index is 13.1. The van der Waals surface area contributed by atoms with E-state index in [0.29, 0.717) is 24.6 Å². The molecule has 2 aliphatic carbocycles. The fourth-order valence-corrected chi connectivity index (χ4v) is 3.16. The van der Waals surface area contributed by atoms with Crippen molar-refractivity contribution in [1.29, 1.82) is 0 Å². The standard InChI is InChI=1S/C17H20ClFN2O2/c18-14-9-13(7-8-15(14)19)21-17(23)11-3-1-10(2-4-11)16(22)20-12-5-6-12/h7-12H,1-6H2,(H,20,22)(H,21,23). The number of anilines is 1. The van der Waals surface area contributed by atoms with E-state index >= 15 is 0 Å². The summed E-state index contributed by atoms with van der Waals surface area (Å²) < 4.78 is 13.1. The van der Waals surface area contributed by atoms with Crippen molar-refractivity contribution >= 4 is 29.1 Å². The number of benzene rings is 1. The highest BCUT2D eigenvalue weighted by Gasteiger charge is 2.32. The zero-order valence-electron chi connectivity index (χ0n) is 12.8. The minimum atomic E-state index is -0.508. The Morgan fingerprint density at radius 3 is 2.17 bits per heavy atom. The topological polar surface area (TPSA) is 58.2 Å². The van der Waals surface area contributed by atoms with Crippen LogP contribution in [0.4, 0.5) is 10.1 Å². The molecule has 2 N–H and O–H groups in total. The third kappa shape index (κ3) is 4.22. The quantitative estimate of drug-likeness (QED) is 0.882. The van der Waals surface area contributed by atoms with Crippen LogP contribution in [0, 0.1) is 17.7 Å². The summed E-state index contributed by atoms with van der Waals surface area (Å²) in [7, 11) is 0. The summed E-state index contributed by atoms with van der Waals surface area (Å²) in [4.78, 5) is 24.3. The summed E-state index contributed by atoms with van der Waals surface area (Å²) in [5, 5.41) is 5.79. The van der Waals surface area contributed by atoms with Crippen molar-refractivity contribution in [3.05, 3.63) is 29.0 Å². The molecule has 0 heterocycles. The first kappa shape index (κ1) is 16.2. The van der Waals surface area contributed by atoms with E-state index < -0.39 is 5.82 Å². The third-order valence-electron chi connectivity index (χ3n) is 4.58. The summed E-state index contributed by atoms with van der Waals surface area (Å²) in [5.41, 5.74) is 0.495. The van der Waals surface area contributed by atoms with Crippen LogP contribution >= 0.6 is 11.6 Å². The predicted molar refractivity (Wildman–Crippen MR) is 86.7 cm³/mol. The minimum Gasteiger partial charge on any atom is -0.353 e. The number of amides is 2. The molecule has 2 fully saturated rings. The van der Waals surface area contributed by atoms with E-state index in [0.717, 1.165) is 25.7 Å². The first-order valence-corrected chi connectivity index (χ1v) is 8.47. The average molecular weight is 339 g/mol. The van der Waals surface area contributed by atoms with E-state index in [-0.39, 0.29) is 28.7 Å². The van der Waals surface area contributed by atoms with Crippen molar-refractivity contribution in [2.75, 3.05) is 5.32 Å². The Morgan fingerprint density at radius 1 is 1.00 bits per heavy atom. The van der Waals surface area contributed by atoms with Crippen LogP contribution in [0.25, 0.3) is 0 Å². The first-order chi connectivity index (χ1) is 11.0. The van der Waals surface area contributed by atoms with Crippen molar-refractivity contribution in [2.24, 2.45) is 11.8 Å². The molecule has 0 aliphatic heterocycles. The number of nitrogens with one attached hydrogen (secondary N) is 2. The second-order valence-corrected chi connectivity index (χ2v) is 6.86. The molecule has 0 atom stereocenters. The van der Waals surface area contributed by atoms with E-state index in [4.69, 9.17) is 11.6 Å². The maximum atomic E-state index is 13.1. The fourth-order valence-electron chi connectivity index (χ4n) is 2.98. The molecule has 0 aromatic heterocycles. The van der Waals surface area contributed by atoms with Gasteiger partial charge in [-0.25, -0.2) is 4.39 Å². The molecule has 0 bridgehead atoms. The highest BCUT2D eigenvalue weighted by molar-refractivity contribution is 6.31. The van der Waals surface area contributed by atoms with Gasteiger partial charge in [-0.15, -0.1) is 0 Å². The highest BCUT2D eigenvalue weighted by atomic mass is 35.5. The number of halogens is 2. The van der Waals surface area contributed by atoms with Crippen LogP contribution < -0.4 is 10.6 Å². The first-order valence-electron chi connectivity index (χ1n) is 8.09. The zero-order valence-corrected chi connectivity index (χ0v) is 13.5. The Kier molecular flexibility index (Phi) is 4.85. The van der Waals surface area contributed by atoms with Gasteiger partial charge in [0.1, 0.15) is 5.82 Å². The summed E-state index contributed by atoms with van der Waals surface area (Å²) in [6, 6.07) is 4.51. The lowest BCUT2D eigenvalue weighted by Gasteiger charge is -2.27. The van der Waals surface area contributed by atoms with Gasteiger partial charge in [0.15, 0.2) is 0 Å². The van der Waals surface area contributed by atoms with E-state index in [1.54, 1.807) is 0 Å². The normalized spacial score (nSPS) is 24.1. The molecule has 0 spiro atoms. The number of rotatable bonds is 4. The van der Waals surface area contributed by atoms with Crippen LogP contribution in [-0.4, -0.2) is 17.9 Å². The second kappa shape index (κ2) is 6.87. The molecule has 2 saturated carbocycles. The van der Waals surface area contributed by atoms with Crippen molar-refractivity contribution in [3.8, 4) is 0 Å². The predicted octanol–water partition coefficient (Wildman–Crippen LogP) is 3.50. The zero-order chi connectivity index (χ0) is 16.4. The summed E-state index contributed by atoms with van der Waals surface area (Å²) in [6.45, 7) is 0. The molecular weight excluding hydrogens is 319 g/mol. The van der Waals surface area contributed by atoms with Crippen molar-refractivity contribution < 1.29 is 14.0 Å². The van der Waals surface area contributed by atoms with E-state index in [1.165, 1.54) is 18.2 Å². The van der Waals surface area contributed by atoms with Gasteiger partial charge in [-0.2, -0.15) is 0 Å². The van der Waals surface area contributed by atoms with E-state index in [1.807, 2.05) is 0 Å². The number of carbonyl (C=O) groups is 2. The van der Waals surface area contributed by atoms with Crippen LogP contribution in [0.1, 0.15) is 38.5 Å². The van der Waals surface area contributed by atoms with Gasteiger partial charge in [0.05, 0.1) is 5.02 Å². The number of hydrogen-bond donors (Lipinski definition) is 2. The Balaban J connectivity index is 1.49. The molecule has 2 aliphatic rings. The van der Waals surface area contributed by atoms with Gasteiger partial charge in [0.25, 0.3) is 0 Å². The monoisotopic (exact) mass is 338 g/mol. The average Bonchev–Trinajstić information content (AvgIpc) is 3.35. The Hall–Kier alpha value is -1.62. The molecule has 1 aromatic rings. The smallest absolute Gasteiger partial charge is 0.227 e. The van der Waals surface area contributed by atoms with Gasteiger partial charge in [-0.1, -0.05) is 11.6 Å². The third-order valence-corrected chi connectivity index (χ3v) is 4.87. The lowest BCUT2D eigenvalue weighted by atomic mass is 9.81. The lowest BCUT2D eigenvalue weighted by molar-refractivity contribution is -0.128. The SMILES string of the molecule is O=C(Nc1ccc(F)c(Cl)c1)C1CCC(C(=O)NC2CC2)CC1. The van der Waals surface area contributed by atoms with E-state index in [2.05, 4.69) is 10.6 Å². The van der Waals surface area contributed by atoms with Crippen molar-refractivity contribution in [3.63, 3.8) is 0 Å². The van der Waals surface area contributed by atoms with Crippen molar-refractivity contribution in [2.45, 2.75) is 44.6 Å². The van der Waals surface area contributed by atoms with Gasteiger partial charge in [0.2, 0.25) is 11.8 Å². The number of carbonyl (C=O) groups excluding carboxylic acids is 2. The lowest BCUT2D eigenvalue weighted by Crippen LogP contribution is -2.36. The summed E-state index contributed by atoms with van der Waals surface area (Å²) in [5.74, 6) is -0.541. The van der Waals surface area contributed by atoms with Crippen LogP contribution in [0.15, 0.2) is 18.2 Å². The van der Waals surface area contributed by atoms with Crippen LogP contribution in [0.3, 0.4) is 0 Å². The molecule has 0 radical (unpaired) electrons. The Bertz CT molecular complexity index is 611. The van der Waals surface area contributed by atoms with Gasteiger partial charge in [-0.3, -0.25) is 9.59 Å². The maximum Gasteiger partial charge on any atom is 0.227 e. The molecule has 23 heavy (non-hydrogen) atoms.